The zero-order chi connectivity index (χ0) is 19.6. The Morgan fingerprint density at radius 1 is 1.04 bits per heavy atom. The molecule has 0 heterocycles. The van der Waals surface area contributed by atoms with Crippen LogP contribution in [0.5, 0.6) is 5.75 Å². The van der Waals surface area contributed by atoms with Crippen molar-refractivity contribution in [3.63, 3.8) is 0 Å². The maximum atomic E-state index is 12.8. The van der Waals surface area contributed by atoms with Gasteiger partial charge in [-0.05, 0) is 72.2 Å². The number of carbonyl (C=O) groups is 1. The Morgan fingerprint density at radius 3 is 2.22 bits per heavy atom. The molecule has 0 aliphatic carbocycles. The second-order valence-electron chi connectivity index (χ2n) is 6.22. The van der Waals surface area contributed by atoms with Crippen molar-refractivity contribution in [1.82, 2.24) is 5.32 Å². The van der Waals surface area contributed by atoms with Crippen molar-refractivity contribution in [2.24, 2.45) is 0 Å². The molecule has 138 valence electrons. The fourth-order valence-electron chi connectivity index (χ4n) is 2.99. The van der Waals surface area contributed by atoms with Crippen molar-refractivity contribution in [3.05, 3.63) is 69.7 Å². The fourth-order valence-corrected chi connectivity index (χ4v) is 3.87. The number of rotatable bonds is 3. The molecule has 0 fully saturated rings. The topological polar surface area (TPSA) is 50.4 Å². The van der Waals surface area contributed by atoms with Crippen molar-refractivity contribution in [3.8, 4) is 5.75 Å². The Hall–Kier alpha value is -2.44. The van der Waals surface area contributed by atoms with E-state index in [9.17, 15) is 4.79 Å². The molecule has 3 aromatic rings. The summed E-state index contributed by atoms with van der Waals surface area (Å²) in [6, 6.07) is 15.5. The number of hydrogen-bond acceptors (Lipinski definition) is 3. The molecular formula is C21H19BrN2O2S. The van der Waals surface area contributed by atoms with Gasteiger partial charge in [-0.25, -0.2) is 0 Å². The van der Waals surface area contributed by atoms with Gasteiger partial charge in [0.2, 0.25) is 0 Å². The highest BCUT2D eigenvalue weighted by molar-refractivity contribution is 9.10. The number of amides is 1. The predicted molar refractivity (Wildman–Crippen MR) is 118 cm³/mol. The number of hydrogen-bond donors (Lipinski definition) is 2. The van der Waals surface area contributed by atoms with E-state index in [1.807, 2.05) is 62.4 Å². The van der Waals surface area contributed by atoms with E-state index in [0.717, 1.165) is 32.1 Å². The first-order valence-electron chi connectivity index (χ1n) is 8.35. The summed E-state index contributed by atoms with van der Waals surface area (Å²) in [7, 11) is 1.55. The third-order valence-electron chi connectivity index (χ3n) is 4.28. The van der Waals surface area contributed by atoms with E-state index < -0.39 is 0 Å². The van der Waals surface area contributed by atoms with Gasteiger partial charge in [0, 0.05) is 10.2 Å². The molecule has 3 rings (SSSR count). The monoisotopic (exact) mass is 442 g/mol. The molecule has 0 spiro atoms. The van der Waals surface area contributed by atoms with Gasteiger partial charge < -0.3 is 10.1 Å². The van der Waals surface area contributed by atoms with Crippen LogP contribution in [0.2, 0.25) is 0 Å². The van der Waals surface area contributed by atoms with Crippen LogP contribution in [0, 0.1) is 13.8 Å². The molecule has 27 heavy (non-hydrogen) atoms. The third kappa shape index (κ3) is 4.28. The first-order valence-corrected chi connectivity index (χ1v) is 9.55. The molecule has 0 bridgehead atoms. The minimum absolute atomic E-state index is 0.240. The van der Waals surface area contributed by atoms with E-state index in [4.69, 9.17) is 17.0 Å². The average Bonchev–Trinajstić information content (AvgIpc) is 2.63. The maximum absolute atomic E-state index is 12.8. The van der Waals surface area contributed by atoms with Gasteiger partial charge in [-0.2, -0.15) is 0 Å². The summed E-state index contributed by atoms with van der Waals surface area (Å²) in [5.74, 6) is 0.188. The second-order valence-corrected chi connectivity index (χ2v) is 7.55. The Kier molecular flexibility index (Phi) is 5.77. The molecule has 1 amide bonds. The number of aryl methyl sites for hydroxylation is 2. The highest BCUT2D eigenvalue weighted by Gasteiger charge is 2.16. The maximum Gasteiger partial charge on any atom is 0.261 e. The Labute approximate surface area is 172 Å². The summed E-state index contributed by atoms with van der Waals surface area (Å²) in [5, 5.41) is 8.07. The van der Waals surface area contributed by atoms with Gasteiger partial charge >= 0.3 is 0 Å². The summed E-state index contributed by atoms with van der Waals surface area (Å²) >= 11 is 8.82. The molecule has 3 aromatic carbocycles. The number of methoxy groups -OCH3 is 1. The largest absolute Gasteiger partial charge is 0.496 e. The van der Waals surface area contributed by atoms with E-state index >= 15 is 0 Å². The number of anilines is 1. The molecular weight excluding hydrogens is 424 g/mol. The number of thiocarbonyl (C=S) groups is 1. The first kappa shape index (κ1) is 19.3. The highest BCUT2D eigenvalue weighted by atomic mass is 79.9. The molecule has 0 saturated heterocycles. The summed E-state index contributed by atoms with van der Waals surface area (Å²) in [6.45, 7) is 3.97. The zero-order valence-corrected chi connectivity index (χ0v) is 17.6. The third-order valence-corrected chi connectivity index (χ3v) is 4.94. The molecule has 4 nitrogen and oxygen atoms in total. The molecule has 0 unspecified atom stereocenters. The minimum Gasteiger partial charge on any atom is -0.496 e. The second kappa shape index (κ2) is 8.06. The lowest BCUT2D eigenvalue weighted by atomic mass is 10.1. The van der Waals surface area contributed by atoms with E-state index in [1.54, 1.807) is 7.11 Å². The van der Waals surface area contributed by atoms with Gasteiger partial charge in [0.15, 0.2) is 5.11 Å². The van der Waals surface area contributed by atoms with Crippen LogP contribution >= 0.6 is 28.1 Å². The van der Waals surface area contributed by atoms with Gasteiger partial charge in [-0.1, -0.05) is 40.2 Å². The van der Waals surface area contributed by atoms with Gasteiger partial charge in [0.1, 0.15) is 5.75 Å². The average molecular weight is 443 g/mol. The standard InChI is InChI=1S/C21H19BrN2O2S/c1-12-8-16(22)9-13(2)19(12)23-21(27)24-20(25)17-10-14-6-4-5-7-15(14)11-18(17)26-3/h4-11H,1-3H3,(H2,23,24,25,27). The lowest BCUT2D eigenvalue weighted by Crippen LogP contribution is -2.34. The SMILES string of the molecule is COc1cc2ccccc2cc1C(=O)NC(=S)Nc1c(C)cc(Br)cc1C. The highest BCUT2D eigenvalue weighted by Crippen LogP contribution is 2.27. The van der Waals surface area contributed by atoms with E-state index in [2.05, 4.69) is 26.6 Å². The minimum atomic E-state index is -0.317. The number of halogens is 1. The lowest BCUT2D eigenvalue weighted by molar-refractivity contribution is 0.0975. The van der Waals surface area contributed by atoms with Crippen molar-refractivity contribution in [2.45, 2.75) is 13.8 Å². The van der Waals surface area contributed by atoms with Crippen LogP contribution < -0.4 is 15.4 Å². The number of fused-ring (bicyclic) bond motifs is 1. The van der Waals surface area contributed by atoms with Gasteiger partial charge in [0.05, 0.1) is 12.7 Å². The van der Waals surface area contributed by atoms with Gasteiger partial charge in [-0.3, -0.25) is 10.1 Å². The summed E-state index contributed by atoms with van der Waals surface area (Å²) in [4.78, 5) is 12.8. The van der Waals surface area contributed by atoms with E-state index in [0.29, 0.717) is 11.3 Å². The number of carbonyl (C=O) groups excluding carboxylic acids is 1. The van der Waals surface area contributed by atoms with E-state index in [-0.39, 0.29) is 11.0 Å². The molecule has 0 atom stereocenters. The van der Waals surface area contributed by atoms with Crippen LogP contribution in [-0.4, -0.2) is 18.1 Å². The van der Waals surface area contributed by atoms with Gasteiger partial charge in [0.25, 0.3) is 5.91 Å². The molecule has 2 N–H and O–H groups in total. The van der Waals surface area contributed by atoms with Crippen LogP contribution in [-0.2, 0) is 0 Å². The Bertz CT molecular complexity index is 1030. The van der Waals surface area contributed by atoms with Crippen LogP contribution in [0.25, 0.3) is 10.8 Å². The smallest absolute Gasteiger partial charge is 0.261 e. The lowest BCUT2D eigenvalue weighted by Gasteiger charge is -2.16. The van der Waals surface area contributed by atoms with Crippen LogP contribution in [0.3, 0.4) is 0 Å². The van der Waals surface area contributed by atoms with E-state index in [1.165, 1.54) is 0 Å². The molecule has 0 aliphatic rings. The normalized spacial score (nSPS) is 10.5. The fraction of sp³-hybridized carbons (Fsp3) is 0.143. The Balaban J connectivity index is 1.83. The molecule has 0 saturated carbocycles. The summed E-state index contributed by atoms with van der Waals surface area (Å²) in [5.41, 5.74) is 3.38. The Morgan fingerprint density at radius 2 is 1.63 bits per heavy atom. The molecule has 0 aliphatic heterocycles. The van der Waals surface area contributed by atoms with Crippen molar-refractivity contribution < 1.29 is 9.53 Å². The van der Waals surface area contributed by atoms with Crippen LogP contribution in [0.4, 0.5) is 5.69 Å². The predicted octanol–water partition coefficient (Wildman–Crippen LogP) is 5.35. The van der Waals surface area contributed by atoms with Crippen LogP contribution in [0.1, 0.15) is 21.5 Å². The molecule has 0 radical (unpaired) electrons. The first-order chi connectivity index (χ1) is 12.9. The number of ether oxygens (including phenoxy) is 1. The van der Waals surface area contributed by atoms with Crippen molar-refractivity contribution >= 4 is 55.6 Å². The number of nitrogens with one attached hydrogen (secondary N) is 2. The zero-order valence-electron chi connectivity index (χ0n) is 15.2. The van der Waals surface area contributed by atoms with Gasteiger partial charge in [-0.15, -0.1) is 0 Å². The number of benzene rings is 3. The van der Waals surface area contributed by atoms with Crippen molar-refractivity contribution in [2.75, 3.05) is 12.4 Å². The summed E-state index contributed by atoms with van der Waals surface area (Å²) in [6.07, 6.45) is 0. The van der Waals surface area contributed by atoms with Crippen molar-refractivity contribution in [1.29, 1.82) is 0 Å². The summed E-state index contributed by atoms with van der Waals surface area (Å²) < 4.78 is 6.40. The van der Waals surface area contributed by atoms with Crippen LogP contribution in [0.15, 0.2) is 53.0 Å². The molecule has 0 aromatic heterocycles. The quantitative estimate of drug-likeness (QED) is 0.536. The molecule has 6 heteroatoms.